The Kier molecular flexibility index (Phi) is 7.00. The molecule has 1 aromatic carbocycles. The van der Waals surface area contributed by atoms with Crippen LogP contribution in [0.5, 0.6) is 0 Å². The zero-order chi connectivity index (χ0) is 21.9. The number of thiophene rings is 1. The van der Waals surface area contributed by atoms with Gasteiger partial charge >= 0.3 is 0 Å². The molecule has 1 atom stereocenters. The largest absolute Gasteiger partial charge is 0.343 e. The molecule has 1 unspecified atom stereocenters. The molecule has 0 spiro atoms. The Hall–Kier alpha value is -2.16. The van der Waals surface area contributed by atoms with Gasteiger partial charge in [-0.1, -0.05) is 33.3 Å². The van der Waals surface area contributed by atoms with Crippen LogP contribution in [0.3, 0.4) is 0 Å². The van der Waals surface area contributed by atoms with Gasteiger partial charge in [-0.2, -0.15) is 4.31 Å². The van der Waals surface area contributed by atoms with Crippen molar-refractivity contribution >= 4 is 38.2 Å². The maximum absolute atomic E-state index is 13.0. The molecule has 0 aliphatic carbocycles. The van der Waals surface area contributed by atoms with E-state index in [2.05, 4.69) is 12.2 Å². The molecular weight excluding hydrogens is 418 g/mol. The lowest BCUT2D eigenvalue weighted by atomic mass is 10.1. The predicted octanol–water partition coefficient (Wildman–Crippen LogP) is 4.54. The van der Waals surface area contributed by atoms with Gasteiger partial charge < -0.3 is 9.88 Å². The Labute approximate surface area is 182 Å². The first-order valence-corrected chi connectivity index (χ1v) is 12.6. The average molecular weight is 448 g/mol. The Bertz CT molecular complexity index is 1110. The predicted molar refractivity (Wildman–Crippen MR) is 122 cm³/mol. The highest BCUT2D eigenvalue weighted by molar-refractivity contribution is 7.89. The molecule has 2 aromatic heterocycles. The molecule has 0 fully saturated rings. The fraction of sp³-hybridized carbons (Fsp3) is 0.409. The number of fused-ring (bicyclic) bond motifs is 1. The van der Waals surface area contributed by atoms with Crippen LogP contribution in [0.4, 0.5) is 0 Å². The zero-order valence-corrected chi connectivity index (χ0v) is 19.5. The van der Waals surface area contributed by atoms with Gasteiger partial charge in [-0.15, -0.1) is 11.3 Å². The number of hydrogen-bond donors (Lipinski definition) is 1. The van der Waals surface area contributed by atoms with Crippen LogP contribution >= 0.6 is 11.3 Å². The molecule has 3 aromatic rings. The summed E-state index contributed by atoms with van der Waals surface area (Å²) in [6.45, 7) is 6.58. The lowest BCUT2D eigenvalue weighted by Gasteiger charge is -2.18. The Morgan fingerprint density at radius 1 is 1.17 bits per heavy atom. The summed E-state index contributed by atoms with van der Waals surface area (Å²) in [5, 5.41) is 5.89. The van der Waals surface area contributed by atoms with Crippen LogP contribution in [0.15, 0.2) is 46.7 Å². The van der Waals surface area contributed by atoms with E-state index in [-0.39, 0.29) is 16.8 Å². The number of aromatic nitrogens is 1. The number of rotatable bonds is 9. The lowest BCUT2D eigenvalue weighted by molar-refractivity contribution is 0.0927. The van der Waals surface area contributed by atoms with Crippen molar-refractivity contribution in [3.63, 3.8) is 0 Å². The molecule has 162 valence electrons. The molecule has 2 heterocycles. The number of carbonyl (C=O) groups is 1. The summed E-state index contributed by atoms with van der Waals surface area (Å²) in [5.41, 5.74) is 1.34. The lowest BCUT2D eigenvalue weighted by Crippen LogP contribution is -2.30. The molecule has 1 N–H and O–H groups in total. The van der Waals surface area contributed by atoms with E-state index in [1.807, 2.05) is 43.0 Å². The van der Waals surface area contributed by atoms with Crippen molar-refractivity contribution in [1.82, 2.24) is 14.2 Å². The highest BCUT2D eigenvalue weighted by atomic mass is 32.2. The van der Waals surface area contributed by atoms with E-state index in [1.165, 1.54) is 4.31 Å². The van der Waals surface area contributed by atoms with E-state index in [0.29, 0.717) is 18.8 Å². The maximum Gasteiger partial charge on any atom is 0.268 e. The van der Waals surface area contributed by atoms with Crippen LogP contribution in [0, 0.1) is 0 Å². The first kappa shape index (κ1) is 22.5. The number of nitrogens with zero attached hydrogens (tertiary/aromatic N) is 2. The molecule has 0 aliphatic heterocycles. The van der Waals surface area contributed by atoms with Crippen molar-refractivity contribution in [2.45, 2.75) is 44.6 Å². The average Bonchev–Trinajstić information content (AvgIpc) is 3.36. The summed E-state index contributed by atoms with van der Waals surface area (Å²) in [6.07, 6.45) is 1.83. The van der Waals surface area contributed by atoms with E-state index >= 15 is 0 Å². The molecule has 1 amide bonds. The molecule has 0 saturated carbocycles. The minimum Gasteiger partial charge on any atom is -0.343 e. The molecular formula is C22H29N3O3S2. The van der Waals surface area contributed by atoms with Gasteiger partial charge in [-0.05, 0) is 42.1 Å². The second-order valence-electron chi connectivity index (χ2n) is 7.23. The SMILES string of the molecule is CCCC(NC(=O)c1cc2cc(S(=O)(=O)N(CC)CC)ccc2n1C)c1cccs1. The van der Waals surface area contributed by atoms with Gasteiger partial charge in [0, 0.05) is 35.9 Å². The molecule has 0 saturated heterocycles. The smallest absolute Gasteiger partial charge is 0.268 e. The van der Waals surface area contributed by atoms with Crippen LogP contribution in [0.25, 0.3) is 10.9 Å². The standard InChI is InChI=1S/C22H29N3O3S2/c1-5-9-18(21-10-8-13-29-21)23-22(26)20-15-16-14-17(11-12-19(16)24(20)4)30(27,28)25(6-2)7-3/h8,10-15,18H,5-7,9H2,1-4H3,(H,23,26). The minimum atomic E-state index is -3.55. The van der Waals surface area contributed by atoms with Crippen LogP contribution in [-0.4, -0.2) is 36.3 Å². The summed E-state index contributed by atoms with van der Waals surface area (Å²) >= 11 is 1.64. The number of aryl methyl sites for hydroxylation is 1. The third-order valence-corrected chi connectivity index (χ3v) is 8.39. The Morgan fingerprint density at radius 2 is 1.90 bits per heavy atom. The van der Waals surface area contributed by atoms with Gasteiger partial charge in [0.1, 0.15) is 5.69 Å². The second kappa shape index (κ2) is 9.32. The number of amides is 1. The van der Waals surface area contributed by atoms with Gasteiger partial charge in [0.25, 0.3) is 5.91 Å². The Morgan fingerprint density at radius 3 is 2.50 bits per heavy atom. The summed E-state index contributed by atoms with van der Waals surface area (Å²) in [4.78, 5) is 14.4. The van der Waals surface area contributed by atoms with Gasteiger partial charge in [-0.25, -0.2) is 8.42 Å². The maximum atomic E-state index is 13.0. The number of carbonyl (C=O) groups excluding carboxylic acids is 1. The molecule has 3 rings (SSSR count). The van der Waals surface area contributed by atoms with Gasteiger partial charge in [0.15, 0.2) is 0 Å². The molecule has 0 radical (unpaired) electrons. The Balaban J connectivity index is 1.94. The number of sulfonamides is 1. The third kappa shape index (κ3) is 4.31. The van der Waals surface area contributed by atoms with Crippen molar-refractivity contribution in [3.8, 4) is 0 Å². The van der Waals surface area contributed by atoms with Crippen molar-refractivity contribution in [2.24, 2.45) is 7.05 Å². The van der Waals surface area contributed by atoms with Crippen LogP contribution in [-0.2, 0) is 17.1 Å². The quantitative estimate of drug-likeness (QED) is 0.523. The van der Waals surface area contributed by atoms with Crippen LogP contribution in [0.2, 0.25) is 0 Å². The molecule has 8 heteroatoms. The molecule has 0 bridgehead atoms. The molecule has 30 heavy (non-hydrogen) atoms. The van der Waals surface area contributed by atoms with Crippen LogP contribution in [0.1, 0.15) is 55.0 Å². The van der Waals surface area contributed by atoms with E-state index < -0.39 is 10.0 Å². The third-order valence-electron chi connectivity index (χ3n) is 5.36. The number of benzene rings is 1. The minimum absolute atomic E-state index is 0.0286. The molecule has 6 nitrogen and oxygen atoms in total. The highest BCUT2D eigenvalue weighted by Crippen LogP contribution is 2.27. The van der Waals surface area contributed by atoms with Gasteiger partial charge in [0.2, 0.25) is 10.0 Å². The van der Waals surface area contributed by atoms with Crippen LogP contribution < -0.4 is 5.32 Å². The topological polar surface area (TPSA) is 71.4 Å². The summed E-state index contributed by atoms with van der Waals surface area (Å²) in [7, 11) is -1.72. The van der Waals surface area contributed by atoms with Crippen molar-refractivity contribution in [2.75, 3.05) is 13.1 Å². The summed E-state index contributed by atoms with van der Waals surface area (Å²) in [6, 6.07) is 10.8. The fourth-order valence-electron chi connectivity index (χ4n) is 3.71. The normalized spacial score (nSPS) is 13.1. The van der Waals surface area contributed by atoms with Gasteiger partial charge in [0.05, 0.1) is 10.9 Å². The van der Waals surface area contributed by atoms with Crippen molar-refractivity contribution in [3.05, 3.63) is 52.3 Å². The van der Waals surface area contributed by atoms with E-state index in [1.54, 1.807) is 35.6 Å². The van der Waals surface area contributed by atoms with E-state index in [9.17, 15) is 13.2 Å². The highest BCUT2D eigenvalue weighted by Gasteiger charge is 2.24. The number of hydrogen-bond acceptors (Lipinski definition) is 4. The fourth-order valence-corrected chi connectivity index (χ4v) is 6.02. The van der Waals surface area contributed by atoms with Crippen molar-refractivity contribution < 1.29 is 13.2 Å². The van der Waals surface area contributed by atoms with E-state index in [4.69, 9.17) is 0 Å². The monoisotopic (exact) mass is 447 g/mol. The first-order valence-electron chi connectivity index (χ1n) is 10.3. The number of nitrogens with one attached hydrogen (secondary N) is 1. The molecule has 0 aliphatic rings. The summed E-state index contributed by atoms with van der Waals surface area (Å²) in [5.74, 6) is -0.159. The van der Waals surface area contributed by atoms with E-state index in [0.717, 1.165) is 28.6 Å². The summed E-state index contributed by atoms with van der Waals surface area (Å²) < 4.78 is 29.0. The second-order valence-corrected chi connectivity index (χ2v) is 10.1. The van der Waals surface area contributed by atoms with Gasteiger partial charge in [-0.3, -0.25) is 4.79 Å². The van der Waals surface area contributed by atoms with Crippen molar-refractivity contribution in [1.29, 1.82) is 0 Å². The zero-order valence-electron chi connectivity index (χ0n) is 17.9. The first-order chi connectivity index (χ1) is 14.3.